The number of rotatable bonds is 7. The van der Waals surface area contributed by atoms with Gasteiger partial charge in [-0.25, -0.2) is 4.39 Å². The molecule has 15 heteroatoms. The van der Waals surface area contributed by atoms with Crippen LogP contribution in [0.3, 0.4) is 0 Å². The van der Waals surface area contributed by atoms with Gasteiger partial charge < -0.3 is 10.6 Å². The van der Waals surface area contributed by atoms with Gasteiger partial charge in [0.25, 0.3) is 5.91 Å². The van der Waals surface area contributed by atoms with Gasteiger partial charge in [-0.3, -0.25) is 9.59 Å². The molecule has 2 atom stereocenters. The summed E-state index contributed by atoms with van der Waals surface area (Å²) in [5, 5.41) is 2.58. The summed E-state index contributed by atoms with van der Waals surface area (Å²) >= 11 is 23.3. The molecule has 202 valence electrons. The maximum atomic E-state index is 14.9. The Bertz CT molecular complexity index is 1190. The van der Waals surface area contributed by atoms with E-state index in [1.165, 1.54) is 0 Å². The van der Waals surface area contributed by atoms with E-state index in [0.717, 1.165) is 37.3 Å². The lowest BCUT2D eigenvalue weighted by Gasteiger charge is -2.19. The molecule has 0 heterocycles. The Morgan fingerprint density at radius 3 is 2.00 bits per heavy atom. The SMILES string of the molecule is C[C@@H](NC(=O)c1ccc(/C(F)=C/C(c2cc(Cl)c(Cl)c(Cl)c2)C(F)(F)F)cc1Cl)C(=O)NCC(F)(F)F. The monoisotopic (exact) mass is 612 g/mol. The topological polar surface area (TPSA) is 58.2 Å². The van der Waals surface area contributed by atoms with Gasteiger partial charge in [0.05, 0.1) is 25.7 Å². The number of benzene rings is 2. The van der Waals surface area contributed by atoms with E-state index in [9.17, 15) is 40.3 Å². The highest BCUT2D eigenvalue weighted by atomic mass is 35.5. The summed E-state index contributed by atoms with van der Waals surface area (Å²) in [6, 6.07) is 3.18. The maximum Gasteiger partial charge on any atom is 0.405 e. The van der Waals surface area contributed by atoms with Gasteiger partial charge in [0.1, 0.15) is 24.3 Å². The van der Waals surface area contributed by atoms with Crippen molar-refractivity contribution in [3.63, 3.8) is 0 Å². The van der Waals surface area contributed by atoms with Crippen molar-refractivity contribution in [1.82, 2.24) is 10.6 Å². The minimum atomic E-state index is -4.95. The van der Waals surface area contributed by atoms with Crippen LogP contribution in [0.4, 0.5) is 30.7 Å². The molecule has 0 aliphatic rings. The van der Waals surface area contributed by atoms with Gasteiger partial charge in [0.15, 0.2) is 0 Å². The van der Waals surface area contributed by atoms with Crippen LogP contribution < -0.4 is 10.6 Å². The second-order valence-corrected chi connectivity index (χ2v) is 9.15. The van der Waals surface area contributed by atoms with Gasteiger partial charge in [0.2, 0.25) is 5.91 Å². The normalized spacial score (nSPS) is 14.2. The molecule has 0 saturated heterocycles. The number of carbonyl (C=O) groups excluding carboxylic acids is 2. The minimum Gasteiger partial charge on any atom is -0.345 e. The van der Waals surface area contributed by atoms with Gasteiger partial charge in [-0.1, -0.05) is 52.5 Å². The van der Waals surface area contributed by atoms with Crippen LogP contribution in [0.25, 0.3) is 5.83 Å². The molecule has 0 aliphatic heterocycles. The lowest BCUT2D eigenvalue weighted by molar-refractivity contribution is -0.139. The molecule has 2 aromatic rings. The van der Waals surface area contributed by atoms with Gasteiger partial charge in [-0.05, 0) is 42.8 Å². The number of halogens is 11. The van der Waals surface area contributed by atoms with Crippen molar-refractivity contribution in [3.05, 3.63) is 73.2 Å². The van der Waals surface area contributed by atoms with Gasteiger partial charge >= 0.3 is 12.4 Å². The number of alkyl halides is 6. The van der Waals surface area contributed by atoms with E-state index in [4.69, 9.17) is 46.4 Å². The third-order valence-electron chi connectivity index (χ3n) is 4.72. The summed E-state index contributed by atoms with van der Waals surface area (Å²) in [5.41, 5.74) is -1.21. The van der Waals surface area contributed by atoms with Crippen LogP contribution in [-0.2, 0) is 4.79 Å². The molecule has 37 heavy (non-hydrogen) atoms. The zero-order chi connectivity index (χ0) is 28.3. The molecular formula is C22H15Cl4F7N2O2. The van der Waals surface area contributed by atoms with Crippen LogP contribution >= 0.6 is 46.4 Å². The molecule has 2 aromatic carbocycles. The summed E-state index contributed by atoms with van der Waals surface area (Å²) in [5.74, 6) is -5.95. The molecular weight excluding hydrogens is 599 g/mol. The Hall–Kier alpha value is -2.21. The number of allylic oxidation sites excluding steroid dienone is 1. The number of hydrogen-bond donors (Lipinski definition) is 2. The predicted octanol–water partition coefficient (Wildman–Crippen LogP) is 7.75. The molecule has 2 N–H and O–H groups in total. The smallest absolute Gasteiger partial charge is 0.345 e. The third kappa shape index (κ3) is 8.66. The standard InChI is InChI=1S/C22H15Cl4F7N2O2/c1-9(19(36)34-8-21(28,29)30)35-20(37)12-3-2-10(4-14(12)23)17(27)7-13(22(31,32)33)11-5-15(24)18(26)16(25)6-11/h2-7,9,13H,8H2,1H3,(H,34,36)(H,35,37)/b17-7-/t9-,13?/m1/s1. The number of hydrogen-bond acceptors (Lipinski definition) is 2. The summed E-state index contributed by atoms with van der Waals surface area (Å²) in [6.45, 7) is -0.499. The van der Waals surface area contributed by atoms with Crippen molar-refractivity contribution >= 4 is 64.0 Å². The van der Waals surface area contributed by atoms with E-state index < -0.39 is 64.6 Å². The largest absolute Gasteiger partial charge is 0.405 e. The summed E-state index contributed by atoms with van der Waals surface area (Å²) in [7, 11) is 0. The van der Waals surface area contributed by atoms with Crippen LogP contribution in [0, 0.1) is 0 Å². The van der Waals surface area contributed by atoms with Gasteiger partial charge in [-0.2, -0.15) is 26.3 Å². The maximum absolute atomic E-state index is 14.9. The van der Waals surface area contributed by atoms with E-state index in [-0.39, 0.29) is 26.7 Å². The van der Waals surface area contributed by atoms with Crippen molar-refractivity contribution in [2.45, 2.75) is 31.2 Å². The Morgan fingerprint density at radius 2 is 1.51 bits per heavy atom. The molecule has 2 rings (SSSR count). The second-order valence-electron chi connectivity index (χ2n) is 7.56. The average Bonchev–Trinajstić information content (AvgIpc) is 2.77. The molecule has 0 radical (unpaired) electrons. The number of nitrogens with one attached hydrogen (secondary N) is 2. The van der Waals surface area contributed by atoms with E-state index in [1.807, 2.05) is 0 Å². The summed E-state index contributed by atoms with van der Waals surface area (Å²) in [6.07, 6.45) is -9.36. The van der Waals surface area contributed by atoms with Crippen molar-refractivity contribution in [3.8, 4) is 0 Å². The Balaban J connectivity index is 2.27. The van der Waals surface area contributed by atoms with Crippen molar-refractivity contribution in [2.24, 2.45) is 0 Å². The number of carbonyl (C=O) groups is 2. The second kappa shape index (κ2) is 12.1. The molecule has 0 spiro atoms. The van der Waals surface area contributed by atoms with E-state index in [0.29, 0.717) is 0 Å². The molecule has 0 bridgehead atoms. The van der Waals surface area contributed by atoms with E-state index in [1.54, 1.807) is 5.32 Å². The van der Waals surface area contributed by atoms with E-state index in [2.05, 4.69) is 5.32 Å². The van der Waals surface area contributed by atoms with Crippen LogP contribution in [0.1, 0.15) is 34.3 Å². The molecule has 0 aliphatic carbocycles. The first-order chi connectivity index (χ1) is 16.9. The van der Waals surface area contributed by atoms with Crippen LogP contribution in [-0.4, -0.2) is 36.8 Å². The fourth-order valence-electron chi connectivity index (χ4n) is 2.91. The Kier molecular flexibility index (Phi) is 10.1. The Labute approximate surface area is 225 Å². The predicted molar refractivity (Wildman–Crippen MR) is 127 cm³/mol. The highest BCUT2D eigenvalue weighted by molar-refractivity contribution is 6.48. The fourth-order valence-corrected chi connectivity index (χ4v) is 3.78. The molecule has 1 unspecified atom stereocenters. The molecule has 4 nitrogen and oxygen atoms in total. The van der Waals surface area contributed by atoms with Gasteiger partial charge in [-0.15, -0.1) is 0 Å². The molecule has 2 amide bonds. The van der Waals surface area contributed by atoms with Crippen LogP contribution in [0.5, 0.6) is 0 Å². The first-order valence-electron chi connectivity index (χ1n) is 9.94. The zero-order valence-electron chi connectivity index (χ0n) is 18.3. The van der Waals surface area contributed by atoms with Crippen LogP contribution in [0.15, 0.2) is 36.4 Å². The number of amides is 2. The minimum absolute atomic E-state index is 0.176. The highest BCUT2D eigenvalue weighted by Gasteiger charge is 2.40. The van der Waals surface area contributed by atoms with E-state index >= 15 is 0 Å². The van der Waals surface area contributed by atoms with Gasteiger partial charge in [0, 0.05) is 5.56 Å². The first kappa shape index (κ1) is 31.0. The average molecular weight is 614 g/mol. The molecule has 0 saturated carbocycles. The van der Waals surface area contributed by atoms with Crippen LogP contribution in [0.2, 0.25) is 20.1 Å². The summed E-state index contributed by atoms with van der Waals surface area (Å²) in [4.78, 5) is 24.1. The molecule has 0 fully saturated rings. The quantitative estimate of drug-likeness (QED) is 0.248. The van der Waals surface area contributed by atoms with Crippen molar-refractivity contribution in [2.75, 3.05) is 6.54 Å². The third-order valence-corrected chi connectivity index (χ3v) is 6.23. The first-order valence-corrected chi connectivity index (χ1v) is 11.5. The highest BCUT2D eigenvalue weighted by Crippen LogP contribution is 2.42. The molecule has 0 aromatic heterocycles. The van der Waals surface area contributed by atoms with Crippen molar-refractivity contribution in [1.29, 1.82) is 0 Å². The fraction of sp³-hybridized carbons (Fsp3) is 0.273. The lowest BCUT2D eigenvalue weighted by atomic mass is 9.96. The van der Waals surface area contributed by atoms with Crippen molar-refractivity contribution < 1.29 is 40.3 Å². The lowest BCUT2D eigenvalue weighted by Crippen LogP contribution is -2.47. The Morgan fingerprint density at radius 1 is 0.946 bits per heavy atom. The zero-order valence-corrected chi connectivity index (χ0v) is 21.3. The summed E-state index contributed by atoms with van der Waals surface area (Å²) < 4.78 is 92.6.